The second-order valence-corrected chi connectivity index (χ2v) is 3.88. The van der Waals surface area contributed by atoms with Crippen LogP contribution in [-0.4, -0.2) is 23.3 Å². The number of carboxylic acid groups (broad SMARTS) is 1. The molecule has 0 aliphatic rings. The number of phenols is 1. The molecular formula is C14H11FO4. The highest BCUT2D eigenvalue weighted by atomic mass is 19.1. The number of ether oxygens (including phenoxy) is 1. The molecule has 2 N–H and O–H groups in total. The number of aromatic hydroxyl groups is 1. The van der Waals surface area contributed by atoms with Gasteiger partial charge in [-0.05, 0) is 35.9 Å². The maximum Gasteiger partial charge on any atom is 0.339 e. The number of hydrogen-bond donors (Lipinski definition) is 2. The SMILES string of the molecule is COc1ccc(F)cc1-c1ccc(O)c(C(=O)O)c1. The minimum absolute atomic E-state index is 0.246. The molecule has 0 aliphatic heterocycles. The van der Waals surface area contributed by atoms with E-state index >= 15 is 0 Å². The maximum atomic E-state index is 13.3. The fourth-order valence-corrected chi connectivity index (χ4v) is 1.78. The van der Waals surface area contributed by atoms with Crippen molar-refractivity contribution in [3.8, 4) is 22.6 Å². The Hall–Kier alpha value is -2.56. The van der Waals surface area contributed by atoms with Crippen LogP contribution in [-0.2, 0) is 0 Å². The molecular weight excluding hydrogens is 251 g/mol. The summed E-state index contributed by atoms with van der Waals surface area (Å²) < 4.78 is 18.4. The molecule has 0 saturated carbocycles. The lowest BCUT2D eigenvalue weighted by Gasteiger charge is -2.10. The van der Waals surface area contributed by atoms with Crippen LogP contribution in [0.4, 0.5) is 4.39 Å². The number of halogens is 1. The van der Waals surface area contributed by atoms with Crippen molar-refractivity contribution in [1.82, 2.24) is 0 Å². The normalized spacial score (nSPS) is 10.2. The summed E-state index contributed by atoms with van der Waals surface area (Å²) in [6.45, 7) is 0. The van der Waals surface area contributed by atoms with Crippen molar-refractivity contribution in [2.75, 3.05) is 7.11 Å². The highest BCUT2D eigenvalue weighted by molar-refractivity contribution is 5.92. The average molecular weight is 262 g/mol. The van der Waals surface area contributed by atoms with Gasteiger partial charge >= 0.3 is 5.97 Å². The van der Waals surface area contributed by atoms with E-state index in [0.29, 0.717) is 16.9 Å². The molecule has 0 unspecified atom stereocenters. The zero-order valence-electron chi connectivity index (χ0n) is 10.1. The third kappa shape index (κ3) is 2.49. The van der Waals surface area contributed by atoms with E-state index in [1.807, 2.05) is 0 Å². The van der Waals surface area contributed by atoms with Gasteiger partial charge in [0.05, 0.1) is 7.11 Å². The van der Waals surface area contributed by atoms with Crippen molar-refractivity contribution in [1.29, 1.82) is 0 Å². The van der Waals surface area contributed by atoms with Gasteiger partial charge < -0.3 is 14.9 Å². The number of aromatic carboxylic acids is 1. The van der Waals surface area contributed by atoms with Gasteiger partial charge in [-0.3, -0.25) is 0 Å². The first kappa shape index (κ1) is 12.9. The lowest BCUT2D eigenvalue weighted by atomic mass is 10.0. The first-order valence-electron chi connectivity index (χ1n) is 5.43. The molecule has 19 heavy (non-hydrogen) atoms. The predicted molar refractivity (Wildman–Crippen MR) is 67.0 cm³/mol. The average Bonchev–Trinajstić information content (AvgIpc) is 2.39. The molecule has 2 rings (SSSR count). The molecule has 0 aromatic heterocycles. The summed E-state index contributed by atoms with van der Waals surface area (Å²) in [7, 11) is 1.44. The van der Waals surface area contributed by atoms with Gasteiger partial charge in [0.25, 0.3) is 0 Å². The van der Waals surface area contributed by atoms with Gasteiger partial charge in [0, 0.05) is 5.56 Å². The van der Waals surface area contributed by atoms with Gasteiger partial charge in [0.1, 0.15) is 22.9 Å². The number of benzene rings is 2. The number of carboxylic acids is 1. The molecule has 2 aromatic carbocycles. The largest absolute Gasteiger partial charge is 0.507 e. The quantitative estimate of drug-likeness (QED) is 0.892. The van der Waals surface area contributed by atoms with Crippen molar-refractivity contribution in [3.63, 3.8) is 0 Å². The van der Waals surface area contributed by atoms with E-state index in [9.17, 15) is 14.3 Å². The summed E-state index contributed by atoms with van der Waals surface area (Å²) in [6, 6.07) is 7.98. The maximum absolute atomic E-state index is 13.3. The van der Waals surface area contributed by atoms with Crippen LogP contribution in [0.1, 0.15) is 10.4 Å². The third-order valence-electron chi connectivity index (χ3n) is 2.70. The molecule has 2 aromatic rings. The van der Waals surface area contributed by atoms with E-state index < -0.39 is 11.8 Å². The summed E-state index contributed by atoms with van der Waals surface area (Å²) in [5, 5.41) is 18.4. The van der Waals surface area contributed by atoms with Crippen molar-refractivity contribution in [2.45, 2.75) is 0 Å². The Morgan fingerprint density at radius 2 is 1.95 bits per heavy atom. The summed E-state index contributed by atoms with van der Waals surface area (Å²) >= 11 is 0. The van der Waals surface area contributed by atoms with Crippen LogP contribution in [0, 0.1) is 5.82 Å². The molecule has 0 radical (unpaired) electrons. The molecule has 0 amide bonds. The van der Waals surface area contributed by atoms with Gasteiger partial charge in [-0.2, -0.15) is 0 Å². The molecule has 0 fully saturated rings. The predicted octanol–water partition coefficient (Wildman–Crippen LogP) is 2.91. The van der Waals surface area contributed by atoms with Crippen LogP contribution in [0.3, 0.4) is 0 Å². The summed E-state index contributed by atoms with van der Waals surface area (Å²) in [5.74, 6) is -1.63. The standard InChI is InChI=1S/C14H11FO4/c1-19-13-5-3-9(15)7-10(13)8-2-4-12(16)11(6-8)14(17)18/h2-7,16H,1H3,(H,17,18). The Morgan fingerprint density at radius 1 is 1.21 bits per heavy atom. The zero-order chi connectivity index (χ0) is 14.0. The number of carbonyl (C=O) groups is 1. The highest BCUT2D eigenvalue weighted by Gasteiger charge is 2.13. The summed E-state index contributed by atoms with van der Waals surface area (Å²) in [5.41, 5.74) is 0.625. The van der Waals surface area contributed by atoms with Gasteiger partial charge in [0.2, 0.25) is 0 Å². The topological polar surface area (TPSA) is 66.8 Å². The van der Waals surface area contributed by atoms with E-state index in [1.54, 1.807) is 0 Å². The number of methoxy groups -OCH3 is 1. The summed E-state index contributed by atoms with van der Waals surface area (Å²) in [4.78, 5) is 11.0. The number of hydrogen-bond acceptors (Lipinski definition) is 3. The van der Waals surface area contributed by atoms with Crippen LogP contribution in [0.25, 0.3) is 11.1 Å². The van der Waals surface area contributed by atoms with Crippen molar-refractivity contribution < 1.29 is 24.1 Å². The van der Waals surface area contributed by atoms with E-state index in [-0.39, 0.29) is 11.3 Å². The van der Waals surface area contributed by atoms with E-state index in [1.165, 1.54) is 43.5 Å². The van der Waals surface area contributed by atoms with Crippen LogP contribution in [0.2, 0.25) is 0 Å². The zero-order valence-corrected chi connectivity index (χ0v) is 10.1. The van der Waals surface area contributed by atoms with E-state index in [0.717, 1.165) is 0 Å². The fourth-order valence-electron chi connectivity index (χ4n) is 1.78. The minimum atomic E-state index is -1.25. The Kier molecular flexibility index (Phi) is 3.37. The molecule has 98 valence electrons. The monoisotopic (exact) mass is 262 g/mol. The Labute approximate surface area is 108 Å². The smallest absolute Gasteiger partial charge is 0.339 e. The molecule has 4 nitrogen and oxygen atoms in total. The Morgan fingerprint density at radius 3 is 2.58 bits per heavy atom. The molecule has 0 heterocycles. The Balaban J connectivity index is 2.62. The second kappa shape index (κ2) is 4.97. The van der Waals surface area contributed by atoms with Crippen LogP contribution in [0.15, 0.2) is 36.4 Å². The molecule has 5 heteroatoms. The highest BCUT2D eigenvalue weighted by Crippen LogP contribution is 2.33. The van der Waals surface area contributed by atoms with Gasteiger partial charge in [-0.25, -0.2) is 9.18 Å². The molecule has 0 bridgehead atoms. The van der Waals surface area contributed by atoms with Crippen molar-refractivity contribution in [2.24, 2.45) is 0 Å². The van der Waals surface area contributed by atoms with Gasteiger partial charge in [-0.15, -0.1) is 0 Å². The number of rotatable bonds is 3. The molecule has 0 spiro atoms. The van der Waals surface area contributed by atoms with Crippen molar-refractivity contribution in [3.05, 3.63) is 47.8 Å². The van der Waals surface area contributed by atoms with Crippen LogP contribution in [0.5, 0.6) is 11.5 Å². The minimum Gasteiger partial charge on any atom is -0.507 e. The fraction of sp³-hybridized carbons (Fsp3) is 0.0714. The Bertz CT molecular complexity index is 637. The lowest BCUT2D eigenvalue weighted by Crippen LogP contribution is -1.97. The van der Waals surface area contributed by atoms with Crippen LogP contribution < -0.4 is 4.74 Å². The van der Waals surface area contributed by atoms with Crippen LogP contribution >= 0.6 is 0 Å². The molecule has 0 saturated heterocycles. The van der Waals surface area contributed by atoms with E-state index in [4.69, 9.17) is 9.84 Å². The first-order valence-corrected chi connectivity index (χ1v) is 5.43. The third-order valence-corrected chi connectivity index (χ3v) is 2.70. The van der Waals surface area contributed by atoms with Gasteiger partial charge in [0.15, 0.2) is 0 Å². The molecule has 0 aliphatic carbocycles. The van der Waals surface area contributed by atoms with E-state index in [2.05, 4.69) is 0 Å². The summed E-state index contributed by atoms with van der Waals surface area (Å²) in [6.07, 6.45) is 0. The van der Waals surface area contributed by atoms with Crippen molar-refractivity contribution >= 4 is 5.97 Å². The first-order chi connectivity index (χ1) is 9.02. The lowest BCUT2D eigenvalue weighted by molar-refractivity contribution is 0.0694. The second-order valence-electron chi connectivity index (χ2n) is 3.88. The molecule has 0 atom stereocenters. The van der Waals surface area contributed by atoms with Gasteiger partial charge in [-0.1, -0.05) is 6.07 Å².